The number of thiazole rings is 1. The molecule has 3 rings (SSSR count). The zero-order valence-electron chi connectivity index (χ0n) is 14.7. The van der Waals surface area contributed by atoms with Crippen molar-refractivity contribution in [2.75, 3.05) is 5.32 Å². The molecule has 0 atom stereocenters. The molecule has 2 aromatic heterocycles. The number of pyridine rings is 1. The van der Waals surface area contributed by atoms with Crippen LogP contribution in [0, 0.1) is 0 Å². The number of carbonyl (C=O) groups excluding carboxylic acids is 1. The average molecular weight is 369 g/mol. The minimum Gasteiger partial charge on any atom is -0.428 e. The van der Waals surface area contributed by atoms with Crippen LogP contribution in [0.3, 0.4) is 0 Å². The van der Waals surface area contributed by atoms with E-state index >= 15 is 0 Å². The molecule has 2 heterocycles. The molecule has 0 aliphatic rings. The first-order valence-corrected chi connectivity index (χ1v) is 8.92. The van der Waals surface area contributed by atoms with Gasteiger partial charge in [0.2, 0.25) is 0 Å². The lowest BCUT2D eigenvalue weighted by molar-refractivity contribution is 0.0206. The van der Waals surface area contributed by atoms with E-state index in [0.29, 0.717) is 5.75 Å². The van der Waals surface area contributed by atoms with Crippen molar-refractivity contribution in [1.29, 1.82) is 0 Å². The molecule has 1 N–H and O–H groups in total. The summed E-state index contributed by atoms with van der Waals surface area (Å²) in [6, 6.07) is 12.8. The van der Waals surface area contributed by atoms with Crippen LogP contribution in [0.25, 0.3) is 11.4 Å². The number of nitrogens with one attached hydrogen (secondary N) is 1. The number of nitrogens with zero attached hydrogens (tertiary/aromatic N) is 2. The summed E-state index contributed by atoms with van der Waals surface area (Å²) in [6.07, 6.45) is 1.00. The number of carbonyl (C=O) groups is 1. The Balaban J connectivity index is 1.68. The van der Waals surface area contributed by atoms with Gasteiger partial charge in [0.1, 0.15) is 17.0 Å². The van der Waals surface area contributed by atoms with Crippen LogP contribution < -0.4 is 10.1 Å². The minimum atomic E-state index is -0.735. The van der Waals surface area contributed by atoms with Gasteiger partial charge >= 0.3 is 6.16 Å². The van der Waals surface area contributed by atoms with Crippen molar-refractivity contribution in [3.05, 3.63) is 54.0 Å². The largest absolute Gasteiger partial charge is 0.514 e. The second kappa shape index (κ2) is 7.53. The minimum absolute atomic E-state index is 0.394. The molecule has 7 heteroatoms. The first-order valence-electron chi connectivity index (χ1n) is 8.04. The van der Waals surface area contributed by atoms with E-state index in [4.69, 9.17) is 9.47 Å². The van der Waals surface area contributed by atoms with E-state index in [1.54, 1.807) is 45.2 Å². The monoisotopic (exact) mass is 369 g/mol. The molecular formula is C19H19N3O3S. The van der Waals surface area contributed by atoms with Crippen molar-refractivity contribution in [3.8, 4) is 17.1 Å². The van der Waals surface area contributed by atoms with Crippen molar-refractivity contribution in [2.24, 2.45) is 0 Å². The van der Waals surface area contributed by atoms with Crippen molar-refractivity contribution >= 4 is 28.3 Å². The Morgan fingerprint density at radius 1 is 1.12 bits per heavy atom. The summed E-state index contributed by atoms with van der Waals surface area (Å²) in [5, 5.41) is 5.86. The van der Waals surface area contributed by atoms with Gasteiger partial charge in [-0.3, -0.25) is 4.98 Å². The van der Waals surface area contributed by atoms with Crippen LogP contribution in [-0.4, -0.2) is 21.7 Å². The number of benzene rings is 1. The molecule has 0 saturated heterocycles. The van der Waals surface area contributed by atoms with Gasteiger partial charge in [-0.1, -0.05) is 12.1 Å². The summed E-state index contributed by atoms with van der Waals surface area (Å²) in [4.78, 5) is 20.6. The molecule has 0 saturated carbocycles. The van der Waals surface area contributed by atoms with E-state index in [1.165, 1.54) is 11.3 Å². The molecule has 0 radical (unpaired) electrons. The molecule has 3 aromatic rings. The Morgan fingerprint density at radius 3 is 2.69 bits per heavy atom. The third-order valence-electron chi connectivity index (χ3n) is 3.11. The molecule has 0 bridgehead atoms. The van der Waals surface area contributed by atoms with Gasteiger partial charge in [0.25, 0.3) is 0 Å². The van der Waals surface area contributed by atoms with Gasteiger partial charge in [-0.25, -0.2) is 9.78 Å². The lowest BCUT2D eigenvalue weighted by atomic mass is 10.2. The summed E-state index contributed by atoms with van der Waals surface area (Å²) < 4.78 is 10.4. The summed E-state index contributed by atoms with van der Waals surface area (Å²) in [6.45, 7) is 5.36. The number of anilines is 2. The van der Waals surface area contributed by atoms with Crippen LogP contribution in [0.5, 0.6) is 5.75 Å². The van der Waals surface area contributed by atoms with Crippen LogP contribution >= 0.6 is 11.3 Å². The third kappa shape index (κ3) is 5.03. The van der Waals surface area contributed by atoms with Gasteiger partial charge in [-0.15, -0.1) is 11.3 Å². The van der Waals surface area contributed by atoms with Crippen LogP contribution in [0.1, 0.15) is 20.8 Å². The van der Waals surface area contributed by atoms with Crippen molar-refractivity contribution < 1.29 is 14.3 Å². The fraction of sp³-hybridized carbons (Fsp3) is 0.211. The highest BCUT2D eigenvalue weighted by Gasteiger charge is 2.18. The molecule has 134 valence electrons. The van der Waals surface area contributed by atoms with Gasteiger partial charge < -0.3 is 14.8 Å². The number of rotatable bonds is 4. The maximum Gasteiger partial charge on any atom is 0.514 e. The maximum absolute atomic E-state index is 11.8. The fourth-order valence-electron chi connectivity index (χ4n) is 2.09. The molecule has 0 amide bonds. The summed E-state index contributed by atoms with van der Waals surface area (Å²) >= 11 is 1.47. The number of ether oxygens (including phenoxy) is 2. The summed E-state index contributed by atoms with van der Waals surface area (Å²) in [7, 11) is 0. The first-order chi connectivity index (χ1) is 12.4. The van der Waals surface area contributed by atoms with Crippen LogP contribution in [-0.2, 0) is 4.74 Å². The number of aromatic nitrogens is 2. The molecule has 0 unspecified atom stereocenters. The molecular weight excluding hydrogens is 350 g/mol. The van der Waals surface area contributed by atoms with E-state index in [2.05, 4.69) is 15.3 Å². The molecule has 0 fully saturated rings. The van der Waals surface area contributed by atoms with Crippen LogP contribution in [0.15, 0.2) is 54.0 Å². The van der Waals surface area contributed by atoms with Gasteiger partial charge in [-0.05, 0) is 45.0 Å². The number of hydrogen-bond donors (Lipinski definition) is 1. The van der Waals surface area contributed by atoms with Crippen LogP contribution in [0.2, 0.25) is 0 Å². The van der Waals surface area contributed by atoms with Gasteiger partial charge in [0.05, 0.1) is 5.69 Å². The Kier molecular flexibility index (Phi) is 5.18. The average Bonchev–Trinajstić information content (AvgIpc) is 3.02. The Labute approximate surface area is 155 Å². The van der Waals surface area contributed by atoms with Gasteiger partial charge in [0.15, 0.2) is 5.13 Å². The molecule has 0 aliphatic heterocycles. The van der Waals surface area contributed by atoms with E-state index in [9.17, 15) is 4.79 Å². The summed E-state index contributed by atoms with van der Waals surface area (Å²) in [5.74, 6) is 0.394. The van der Waals surface area contributed by atoms with Gasteiger partial charge in [-0.2, -0.15) is 0 Å². The zero-order valence-corrected chi connectivity index (χ0v) is 15.5. The first kappa shape index (κ1) is 17.9. The SMILES string of the molecule is CC(C)(C)OC(=O)Oc1cccc(Nc2nc(-c3ccccn3)cs2)c1. The lowest BCUT2D eigenvalue weighted by Crippen LogP contribution is -2.25. The summed E-state index contributed by atoms with van der Waals surface area (Å²) in [5.41, 5.74) is 1.78. The van der Waals surface area contributed by atoms with E-state index in [1.807, 2.05) is 29.6 Å². The highest BCUT2D eigenvalue weighted by molar-refractivity contribution is 7.14. The second-order valence-electron chi connectivity index (χ2n) is 6.47. The Morgan fingerprint density at radius 2 is 1.96 bits per heavy atom. The molecule has 6 nitrogen and oxygen atoms in total. The molecule has 0 aliphatic carbocycles. The van der Waals surface area contributed by atoms with Crippen molar-refractivity contribution in [1.82, 2.24) is 9.97 Å². The smallest absolute Gasteiger partial charge is 0.428 e. The highest BCUT2D eigenvalue weighted by atomic mass is 32.1. The molecule has 26 heavy (non-hydrogen) atoms. The highest BCUT2D eigenvalue weighted by Crippen LogP contribution is 2.27. The van der Waals surface area contributed by atoms with E-state index in [-0.39, 0.29) is 0 Å². The third-order valence-corrected chi connectivity index (χ3v) is 3.87. The van der Waals surface area contributed by atoms with Gasteiger partial charge in [0, 0.05) is 23.3 Å². The van der Waals surface area contributed by atoms with E-state index < -0.39 is 11.8 Å². The van der Waals surface area contributed by atoms with Crippen molar-refractivity contribution in [2.45, 2.75) is 26.4 Å². The topological polar surface area (TPSA) is 73.3 Å². The Bertz CT molecular complexity index is 888. The predicted molar refractivity (Wildman–Crippen MR) is 102 cm³/mol. The molecule has 1 aromatic carbocycles. The maximum atomic E-state index is 11.8. The van der Waals surface area contributed by atoms with Crippen LogP contribution in [0.4, 0.5) is 15.6 Å². The standard InChI is InChI=1S/C19H19N3O3S/c1-19(2,3)25-18(23)24-14-8-6-7-13(11-14)21-17-22-16(12-26-17)15-9-4-5-10-20-15/h4-12H,1-3H3,(H,21,22). The normalized spacial score (nSPS) is 11.0. The Hall–Kier alpha value is -2.93. The quantitative estimate of drug-likeness (QED) is 0.499. The molecule has 0 spiro atoms. The number of hydrogen-bond acceptors (Lipinski definition) is 7. The second-order valence-corrected chi connectivity index (χ2v) is 7.33. The van der Waals surface area contributed by atoms with Crippen molar-refractivity contribution in [3.63, 3.8) is 0 Å². The fourth-order valence-corrected chi connectivity index (χ4v) is 2.82. The lowest BCUT2D eigenvalue weighted by Gasteiger charge is -2.18. The zero-order chi connectivity index (χ0) is 18.6. The predicted octanol–water partition coefficient (Wildman–Crippen LogP) is 5.26. The van der Waals surface area contributed by atoms with E-state index in [0.717, 1.165) is 22.2 Å².